The van der Waals surface area contributed by atoms with Crippen molar-refractivity contribution in [3.63, 3.8) is 0 Å². The Morgan fingerprint density at radius 1 is 0.941 bits per heavy atom. The fraction of sp³-hybridized carbons (Fsp3) is 0.833. The molecule has 2 unspecified atom stereocenters. The molecule has 0 heterocycles. The maximum absolute atomic E-state index is 11.8. The Hall–Kier alpha value is -0.517. The molecule has 0 aliphatic carbocycles. The van der Waals surface area contributed by atoms with Gasteiger partial charge in [0.05, 0.1) is 0 Å². The van der Waals surface area contributed by atoms with Crippen molar-refractivity contribution in [3.05, 3.63) is 0 Å². The van der Waals surface area contributed by atoms with Crippen molar-refractivity contribution in [1.29, 1.82) is 0 Å². The summed E-state index contributed by atoms with van der Waals surface area (Å²) in [5.74, 6) is -0.381. The average Bonchev–Trinajstić information content (AvgIpc) is 2.38. The molecule has 0 rings (SSSR count). The third-order valence-electron chi connectivity index (χ3n) is 4.15. The van der Waals surface area contributed by atoms with Crippen molar-refractivity contribution < 1.29 is 19.1 Å². The van der Waals surface area contributed by atoms with E-state index in [0.717, 1.165) is 10.5 Å². The zero-order valence-corrected chi connectivity index (χ0v) is 13.8. The fourth-order valence-corrected chi connectivity index (χ4v) is 12.9. The summed E-state index contributed by atoms with van der Waals surface area (Å²) in [6, 6.07) is 0. The van der Waals surface area contributed by atoms with Crippen molar-refractivity contribution in [2.45, 2.75) is 47.7 Å². The van der Waals surface area contributed by atoms with Crippen LogP contribution in [0.25, 0.3) is 0 Å². The third-order valence-corrected chi connectivity index (χ3v) is 17.9. The number of ether oxygens (including phenoxy) is 2. The van der Waals surface area contributed by atoms with Gasteiger partial charge in [-0.1, -0.05) is 0 Å². The van der Waals surface area contributed by atoms with Crippen molar-refractivity contribution in [3.8, 4) is 0 Å². The van der Waals surface area contributed by atoms with Gasteiger partial charge in [0.2, 0.25) is 0 Å². The first-order valence-electron chi connectivity index (χ1n) is 6.06. The van der Waals surface area contributed by atoms with Crippen LogP contribution in [0.4, 0.5) is 0 Å². The zero-order valence-electron chi connectivity index (χ0n) is 11.7. The normalized spacial score (nSPS) is 14.9. The standard InChI is InChI=1S/C12H24GeO4/c1-7-13(8-2,9(3)11(14)16-5)10(4)12(15)17-6/h9-10H,7-8H2,1-6H3. The maximum atomic E-state index is 11.8. The van der Waals surface area contributed by atoms with Crippen molar-refractivity contribution in [2.24, 2.45) is 0 Å². The topological polar surface area (TPSA) is 52.6 Å². The monoisotopic (exact) mass is 306 g/mol. The Morgan fingerprint density at radius 3 is 1.41 bits per heavy atom. The quantitative estimate of drug-likeness (QED) is 0.559. The van der Waals surface area contributed by atoms with E-state index >= 15 is 0 Å². The fourth-order valence-electron chi connectivity index (χ4n) is 2.67. The Bertz CT molecular complexity index is 250. The molecule has 0 aliphatic rings. The molecule has 0 fully saturated rings. The first-order chi connectivity index (χ1) is 7.91. The molecule has 0 aromatic rings. The molecule has 17 heavy (non-hydrogen) atoms. The summed E-state index contributed by atoms with van der Waals surface area (Å²) in [5.41, 5.74) is 0. The number of esters is 2. The van der Waals surface area contributed by atoms with Crippen molar-refractivity contribution in [1.82, 2.24) is 0 Å². The summed E-state index contributed by atoms with van der Waals surface area (Å²) in [6.45, 7) is 7.95. The molecule has 4 nitrogen and oxygen atoms in total. The molecule has 2 atom stereocenters. The molecule has 0 aliphatic heterocycles. The molecule has 0 amide bonds. The summed E-state index contributed by atoms with van der Waals surface area (Å²) < 4.78 is 9.41. The second-order valence-corrected chi connectivity index (χ2v) is 16.2. The summed E-state index contributed by atoms with van der Waals surface area (Å²) >= 11 is -2.65. The van der Waals surface area contributed by atoms with Crippen LogP contribution >= 0.6 is 0 Å². The number of carbonyl (C=O) groups excluding carboxylic acids is 2. The molecule has 0 radical (unpaired) electrons. The van der Waals surface area contributed by atoms with E-state index in [4.69, 9.17) is 9.47 Å². The van der Waals surface area contributed by atoms with E-state index in [1.165, 1.54) is 14.2 Å². The van der Waals surface area contributed by atoms with Crippen LogP contribution in [0.2, 0.25) is 20.0 Å². The number of rotatable bonds is 6. The van der Waals surface area contributed by atoms with Crippen LogP contribution in [0.15, 0.2) is 0 Å². The molecule has 0 saturated heterocycles. The van der Waals surface area contributed by atoms with Gasteiger partial charge in [-0.2, -0.15) is 0 Å². The number of methoxy groups -OCH3 is 2. The van der Waals surface area contributed by atoms with E-state index in [0.29, 0.717) is 0 Å². The van der Waals surface area contributed by atoms with Crippen LogP contribution in [0.1, 0.15) is 27.7 Å². The molecule has 0 bridgehead atoms. The number of hydrogen-bond acceptors (Lipinski definition) is 4. The predicted molar refractivity (Wildman–Crippen MR) is 69.6 cm³/mol. The summed E-state index contributed by atoms with van der Waals surface area (Å²) in [7, 11) is 2.81. The van der Waals surface area contributed by atoms with Gasteiger partial charge in [-0.15, -0.1) is 0 Å². The second-order valence-electron chi connectivity index (χ2n) is 4.43. The third kappa shape index (κ3) is 3.24. The summed E-state index contributed by atoms with van der Waals surface area (Å²) in [4.78, 5) is 23.5. The van der Waals surface area contributed by atoms with Crippen LogP contribution in [0.5, 0.6) is 0 Å². The van der Waals surface area contributed by atoms with Gasteiger partial charge in [0.25, 0.3) is 0 Å². The molecular weight excluding hydrogens is 281 g/mol. The van der Waals surface area contributed by atoms with Gasteiger partial charge in [-0.3, -0.25) is 0 Å². The van der Waals surface area contributed by atoms with Crippen LogP contribution in [0, 0.1) is 0 Å². The summed E-state index contributed by atoms with van der Waals surface area (Å²) in [6.07, 6.45) is 0. The zero-order chi connectivity index (χ0) is 13.6. The SMILES string of the molecule is C[CH2][Ge]([CH2]C)([CH](C)C(=O)OC)[CH](C)C(=O)OC. The Kier molecular flexibility index (Phi) is 6.82. The average molecular weight is 305 g/mol. The first kappa shape index (κ1) is 16.5. The molecule has 0 spiro atoms. The first-order valence-corrected chi connectivity index (χ1v) is 11.5. The van der Waals surface area contributed by atoms with Gasteiger partial charge in [-0.05, 0) is 0 Å². The summed E-state index contributed by atoms with van der Waals surface area (Å²) in [5, 5.41) is 1.84. The van der Waals surface area contributed by atoms with Gasteiger partial charge in [-0.25, -0.2) is 0 Å². The molecule has 0 aromatic heterocycles. The minimum absolute atomic E-state index is 0.135. The Balaban J connectivity index is 5.27. The van der Waals surface area contributed by atoms with Gasteiger partial charge >= 0.3 is 106 Å². The van der Waals surface area contributed by atoms with E-state index in [1.54, 1.807) is 0 Å². The van der Waals surface area contributed by atoms with E-state index < -0.39 is 13.3 Å². The van der Waals surface area contributed by atoms with Crippen LogP contribution in [-0.4, -0.2) is 39.4 Å². The van der Waals surface area contributed by atoms with Gasteiger partial charge in [0.15, 0.2) is 0 Å². The van der Waals surface area contributed by atoms with Gasteiger partial charge < -0.3 is 0 Å². The molecule has 5 heteroatoms. The van der Waals surface area contributed by atoms with Crippen molar-refractivity contribution in [2.75, 3.05) is 14.2 Å². The van der Waals surface area contributed by atoms with Crippen LogP contribution in [0.3, 0.4) is 0 Å². The van der Waals surface area contributed by atoms with Crippen molar-refractivity contribution >= 4 is 25.2 Å². The molecule has 0 aromatic carbocycles. The Morgan fingerprint density at radius 2 is 1.24 bits per heavy atom. The van der Waals surface area contributed by atoms with E-state index in [1.807, 2.05) is 13.8 Å². The van der Waals surface area contributed by atoms with Crippen LogP contribution < -0.4 is 0 Å². The predicted octanol–water partition coefficient (Wildman–Crippen LogP) is 2.60. The van der Waals surface area contributed by atoms with Gasteiger partial charge in [0.1, 0.15) is 0 Å². The minimum atomic E-state index is -2.65. The molecular formula is C12H24GeO4. The second kappa shape index (κ2) is 7.04. The van der Waals surface area contributed by atoms with E-state index in [-0.39, 0.29) is 21.4 Å². The van der Waals surface area contributed by atoms with Gasteiger partial charge in [0, 0.05) is 0 Å². The molecule has 0 saturated carbocycles. The molecule has 0 N–H and O–H groups in total. The number of carbonyl (C=O) groups is 2. The Labute approximate surface area is 106 Å². The number of hydrogen-bond donors (Lipinski definition) is 0. The van der Waals surface area contributed by atoms with Crippen LogP contribution in [-0.2, 0) is 19.1 Å². The van der Waals surface area contributed by atoms with E-state index in [9.17, 15) is 9.59 Å². The molecule has 100 valence electrons. The van der Waals surface area contributed by atoms with E-state index in [2.05, 4.69) is 13.8 Å².